The first kappa shape index (κ1) is 25.4. The van der Waals surface area contributed by atoms with Gasteiger partial charge in [-0.25, -0.2) is 8.42 Å². The number of hydrogen-bond acceptors (Lipinski definition) is 5. The van der Waals surface area contributed by atoms with Crippen LogP contribution >= 0.6 is 11.6 Å². The predicted molar refractivity (Wildman–Crippen MR) is 129 cm³/mol. The average molecular weight is 515 g/mol. The van der Waals surface area contributed by atoms with E-state index < -0.39 is 26.2 Å². The van der Waals surface area contributed by atoms with Crippen LogP contribution in [0.2, 0.25) is 5.02 Å². The molecule has 0 aromatic heterocycles. The first-order valence-electron chi connectivity index (χ1n) is 10.3. The molecular weight excluding hydrogens is 488 g/mol. The van der Waals surface area contributed by atoms with E-state index in [1.807, 2.05) is 0 Å². The number of piperidine rings is 1. The predicted octanol–water partition coefficient (Wildman–Crippen LogP) is 2.91. The van der Waals surface area contributed by atoms with Crippen molar-refractivity contribution in [3.8, 4) is 0 Å². The van der Waals surface area contributed by atoms with Crippen molar-refractivity contribution in [2.75, 3.05) is 37.2 Å². The van der Waals surface area contributed by atoms with Crippen molar-refractivity contribution in [2.45, 2.75) is 24.7 Å². The number of benzene rings is 2. The van der Waals surface area contributed by atoms with Gasteiger partial charge in [0.15, 0.2) is 0 Å². The van der Waals surface area contributed by atoms with E-state index in [0.717, 1.165) is 9.87 Å². The van der Waals surface area contributed by atoms with Crippen LogP contribution in [0.3, 0.4) is 0 Å². The molecule has 2 aromatic rings. The number of rotatable bonds is 7. The Balaban J connectivity index is 1.67. The second kappa shape index (κ2) is 9.98. The maximum Gasteiger partial charge on any atom is 0.281 e. The Morgan fingerprint density at radius 2 is 1.76 bits per heavy atom. The number of hydrogen-bond donors (Lipinski definition) is 2. The lowest BCUT2D eigenvalue weighted by Crippen LogP contribution is -2.47. The molecule has 0 unspecified atom stereocenters. The Bertz CT molecular complexity index is 1230. The topological polar surface area (TPSA) is 116 Å². The van der Waals surface area contributed by atoms with Gasteiger partial charge in [-0.2, -0.15) is 17.0 Å². The second-order valence-corrected chi connectivity index (χ2v) is 12.3. The van der Waals surface area contributed by atoms with E-state index in [4.69, 9.17) is 11.6 Å². The number of nitrogens with zero attached hydrogens (tertiary/aromatic N) is 2. The molecule has 1 saturated heterocycles. The molecule has 0 bridgehead atoms. The molecule has 3 rings (SSSR count). The molecule has 180 valence electrons. The molecule has 33 heavy (non-hydrogen) atoms. The largest absolute Gasteiger partial charge is 0.326 e. The first-order valence-corrected chi connectivity index (χ1v) is 13.5. The smallest absolute Gasteiger partial charge is 0.281 e. The molecular formula is C21H27ClN4O5S2. The first-order chi connectivity index (χ1) is 15.4. The lowest BCUT2D eigenvalue weighted by atomic mass is 9.99. The summed E-state index contributed by atoms with van der Waals surface area (Å²) in [7, 11) is -4.53. The van der Waals surface area contributed by atoms with Crippen LogP contribution in [-0.2, 0) is 25.0 Å². The third kappa shape index (κ3) is 6.04. The van der Waals surface area contributed by atoms with Crippen LogP contribution in [0.15, 0.2) is 47.4 Å². The van der Waals surface area contributed by atoms with Crippen molar-refractivity contribution in [3.63, 3.8) is 0 Å². The highest BCUT2D eigenvalue weighted by Crippen LogP contribution is 2.25. The zero-order chi connectivity index (χ0) is 24.4. The molecule has 1 heterocycles. The lowest BCUT2D eigenvalue weighted by Gasteiger charge is -2.32. The fourth-order valence-electron chi connectivity index (χ4n) is 3.47. The number of aryl methyl sites for hydroxylation is 1. The van der Waals surface area contributed by atoms with Crippen LogP contribution in [0.5, 0.6) is 0 Å². The summed E-state index contributed by atoms with van der Waals surface area (Å²) >= 11 is 5.96. The normalized spacial score (nSPS) is 17.7. The second-order valence-electron chi connectivity index (χ2n) is 8.07. The average Bonchev–Trinajstić information content (AvgIpc) is 2.76. The molecule has 12 heteroatoms. The summed E-state index contributed by atoms with van der Waals surface area (Å²) in [6.07, 6.45) is 1.15. The van der Waals surface area contributed by atoms with E-state index in [1.54, 1.807) is 19.1 Å². The Kier molecular flexibility index (Phi) is 7.69. The molecule has 1 atom stereocenters. The van der Waals surface area contributed by atoms with Crippen molar-refractivity contribution >= 4 is 49.1 Å². The van der Waals surface area contributed by atoms with Crippen LogP contribution in [0.4, 0.5) is 11.4 Å². The number of halogens is 1. The summed E-state index contributed by atoms with van der Waals surface area (Å²) in [6, 6.07) is 10.7. The van der Waals surface area contributed by atoms with Gasteiger partial charge in [0, 0.05) is 37.9 Å². The highest BCUT2D eigenvalue weighted by atomic mass is 35.5. The van der Waals surface area contributed by atoms with Crippen LogP contribution in [0.1, 0.15) is 18.4 Å². The quantitative estimate of drug-likeness (QED) is 0.589. The Morgan fingerprint density at radius 3 is 2.39 bits per heavy atom. The van der Waals surface area contributed by atoms with Crippen LogP contribution in [-0.4, -0.2) is 58.5 Å². The fourth-order valence-corrected chi connectivity index (χ4v) is 5.95. The summed E-state index contributed by atoms with van der Waals surface area (Å²) in [5.41, 5.74) is 1.53. The van der Waals surface area contributed by atoms with E-state index in [2.05, 4.69) is 10.0 Å². The summed E-state index contributed by atoms with van der Waals surface area (Å²) in [4.78, 5) is 12.7. The van der Waals surface area contributed by atoms with Crippen LogP contribution in [0, 0.1) is 12.8 Å². The maximum atomic E-state index is 12.7. The van der Waals surface area contributed by atoms with Gasteiger partial charge in [0.05, 0.1) is 16.5 Å². The van der Waals surface area contributed by atoms with Gasteiger partial charge in [-0.05, 0) is 61.7 Å². The minimum Gasteiger partial charge on any atom is -0.326 e. The summed E-state index contributed by atoms with van der Waals surface area (Å²) in [5.74, 6) is -0.804. The molecule has 2 N–H and O–H groups in total. The molecule has 1 fully saturated rings. The van der Waals surface area contributed by atoms with Gasteiger partial charge in [0.2, 0.25) is 5.91 Å². The molecule has 2 aromatic carbocycles. The van der Waals surface area contributed by atoms with Crippen LogP contribution < -0.4 is 10.0 Å². The van der Waals surface area contributed by atoms with Crippen molar-refractivity contribution < 1.29 is 21.6 Å². The molecule has 1 aliphatic rings. The SMILES string of the molecule is Cc1ccc(Cl)cc1NS(=O)(=O)c1ccc(NC(=O)[C@@H]2CCCN(S(=O)(=O)N(C)C)C2)cc1. The molecule has 0 radical (unpaired) electrons. The Labute approximate surface area is 200 Å². The molecule has 0 saturated carbocycles. The minimum atomic E-state index is -3.85. The number of nitrogens with one attached hydrogen (secondary N) is 2. The fraction of sp³-hybridized carbons (Fsp3) is 0.381. The third-order valence-electron chi connectivity index (χ3n) is 5.42. The number of amides is 1. The maximum absolute atomic E-state index is 12.7. The van der Waals surface area contributed by atoms with Gasteiger partial charge >= 0.3 is 0 Å². The lowest BCUT2D eigenvalue weighted by molar-refractivity contribution is -0.120. The van der Waals surface area contributed by atoms with Gasteiger partial charge in [-0.3, -0.25) is 9.52 Å². The Morgan fingerprint density at radius 1 is 1.09 bits per heavy atom. The number of carbonyl (C=O) groups is 1. The minimum absolute atomic E-state index is 0.0285. The summed E-state index contributed by atoms with van der Waals surface area (Å²) in [5, 5.41) is 3.16. The van der Waals surface area contributed by atoms with Gasteiger partial charge in [0.25, 0.3) is 20.2 Å². The summed E-state index contributed by atoms with van der Waals surface area (Å²) in [6.45, 7) is 2.24. The molecule has 0 aliphatic carbocycles. The number of sulfonamides is 1. The third-order valence-corrected chi connectivity index (χ3v) is 8.94. The zero-order valence-electron chi connectivity index (χ0n) is 18.6. The monoisotopic (exact) mass is 514 g/mol. The molecule has 9 nitrogen and oxygen atoms in total. The zero-order valence-corrected chi connectivity index (χ0v) is 21.0. The highest BCUT2D eigenvalue weighted by molar-refractivity contribution is 7.92. The van der Waals surface area contributed by atoms with Crippen molar-refractivity contribution in [1.82, 2.24) is 8.61 Å². The molecule has 1 amide bonds. The van der Waals surface area contributed by atoms with E-state index in [0.29, 0.717) is 35.8 Å². The van der Waals surface area contributed by atoms with E-state index >= 15 is 0 Å². The summed E-state index contributed by atoms with van der Waals surface area (Å²) < 4.78 is 55.1. The van der Waals surface area contributed by atoms with Crippen molar-refractivity contribution in [1.29, 1.82) is 0 Å². The van der Waals surface area contributed by atoms with Gasteiger partial charge in [-0.15, -0.1) is 0 Å². The highest BCUT2D eigenvalue weighted by Gasteiger charge is 2.33. The molecule has 1 aliphatic heterocycles. The van der Waals surface area contributed by atoms with Gasteiger partial charge < -0.3 is 5.32 Å². The standard InChI is InChI=1S/C21H27ClN4O5S2/c1-15-6-7-17(22)13-20(15)24-32(28,29)19-10-8-18(9-11-19)23-21(27)16-5-4-12-26(14-16)33(30,31)25(2)3/h6-11,13,16,24H,4-5,12,14H2,1-3H3,(H,23,27)/t16-/m1/s1. The van der Waals surface area contributed by atoms with Crippen molar-refractivity contribution in [2.24, 2.45) is 5.92 Å². The van der Waals surface area contributed by atoms with E-state index in [-0.39, 0.29) is 17.3 Å². The van der Waals surface area contributed by atoms with Gasteiger partial charge in [-0.1, -0.05) is 17.7 Å². The van der Waals surface area contributed by atoms with E-state index in [1.165, 1.54) is 48.7 Å². The number of carbonyl (C=O) groups excluding carboxylic acids is 1. The van der Waals surface area contributed by atoms with Crippen molar-refractivity contribution in [3.05, 3.63) is 53.1 Å². The Hall–Kier alpha value is -2.18. The van der Waals surface area contributed by atoms with Crippen LogP contribution in [0.25, 0.3) is 0 Å². The van der Waals surface area contributed by atoms with E-state index in [9.17, 15) is 21.6 Å². The van der Waals surface area contributed by atoms with Gasteiger partial charge in [0.1, 0.15) is 0 Å². The molecule has 0 spiro atoms. The number of anilines is 2.